The van der Waals surface area contributed by atoms with Crippen molar-refractivity contribution in [3.05, 3.63) is 12.7 Å². The van der Waals surface area contributed by atoms with Crippen molar-refractivity contribution in [1.82, 2.24) is 0 Å². The summed E-state index contributed by atoms with van der Waals surface area (Å²) in [7, 11) is -2.21. The molecule has 6 aliphatic heterocycles. The number of rotatable bonds is 8. The van der Waals surface area contributed by atoms with Gasteiger partial charge in [0.25, 0.3) is 0 Å². The number of hydrogen-bond donors (Lipinski definition) is 0. The molecule has 0 amide bonds. The average molecular weight is 747 g/mol. The Morgan fingerprint density at radius 1 is 0.673 bits per heavy atom. The molecule has 0 saturated carbocycles. The SMILES string of the molecule is C=CCC(C)[C@]1(C)O[C@@H]2C[C@H](C)C[C@@H]3O[C@@H]4[C@@H](C)[C@H](C)[C@@H]5O[C@]6(C[C@H](C)CO6)[C@@H](C)[C@H](C)[C@H]5O[C@H]4C[C@H]3O[C@H]2C[C@H]1O[Si](C(C)C)(C(C)C)C(C)C. The van der Waals surface area contributed by atoms with Crippen molar-refractivity contribution in [3.63, 3.8) is 0 Å². The molecule has 1 spiro atoms. The molecule has 6 saturated heterocycles. The summed E-state index contributed by atoms with van der Waals surface area (Å²) in [5.41, 5.74) is 1.04. The van der Waals surface area contributed by atoms with Crippen LogP contribution in [0.3, 0.4) is 0 Å². The third-order valence-corrected chi connectivity index (χ3v) is 21.9. The summed E-state index contributed by atoms with van der Waals surface area (Å²) in [6.45, 7) is 37.9. The predicted octanol–water partition coefficient (Wildman–Crippen LogP) is 10.1. The van der Waals surface area contributed by atoms with E-state index in [4.69, 9.17) is 32.8 Å². The maximum absolute atomic E-state index is 7.71. The van der Waals surface area contributed by atoms with Gasteiger partial charge in [-0.15, -0.1) is 6.58 Å². The van der Waals surface area contributed by atoms with Gasteiger partial charge in [0.05, 0.1) is 67.1 Å². The monoisotopic (exact) mass is 747 g/mol. The highest BCUT2D eigenvalue weighted by atomic mass is 28.4. The summed E-state index contributed by atoms with van der Waals surface area (Å²) in [6, 6.07) is 0. The van der Waals surface area contributed by atoms with Gasteiger partial charge in [-0.1, -0.05) is 96.1 Å². The normalized spacial score (nSPS) is 49.1. The molecule has 1 unspecified atom stereocenters. The molecule has 52 heavy (non-hydrogen) atoms. The van der Waals surface area contributed by atoms with Gasteiger partial charge in [0, 0.05) is 25.2 Å². The molecule has 18 atom stereocenters. The first-order chi connectivity index (χ1) is 24.4. The van der Waals surface area contributed by atoms with E-state index < -0.39 is 19.7 Å². The van der Waals surface area contributed by atoms with Crippen LogP contribution in [0.5, 0.6) is 0 Å². The van der Waals surface area contributed by atoms with E-state index in [-0.39, 0.29) is 78.6 Å². The van der Waals surface area contributed by atoms with E-state index in [1.807, 2.05) is 0 Å². The molecule has 0 N–H and O–H groups in total. The van der Waals surface area contributed by atoms with Gasteiger partial charge in [-0.25, -0.2) is 0 Å². The molecule has 0 radical (unpaired) electrons. The molecule has 0 aromatic carbocycles. The Morgan fingerprint density at radius 3 is 1.85 bits per heavy atom. The highest BCUT2D eigenvalue weighted by molar-refractivity contribution is 6.77. The van der Waals surface area contributed by atoms with E-state index in [0.29, 0.717) is 34.4 Å². The van der Waals surface area contributed by atoms with Crippen molar-refractivity contribution in [2.45, 2.75) is 218 Å². The van der Waals surface area contributed by atoms with Crippen LogP contribution in [-0.4, -0.2) is 81.2 Å². The second-order valence-electron chi connectivity index (χ2n) is 20.1. The van der Waals surface area contributed by atoms with Crippen LogP contribution >= 0.6 is 0 Å². The summed E-state index contributed by atoms with van der Waals surface area (Å²) in [6.07, 6.45) is 7.32. The number of hydrogen-bond acceptors (Lipinski definition) is 7. The second-order valence-corrected chi connectivity index (χ2v) is 25.5. The molecule has 6 fully saturated rings. The Kier molecular flexibility index (Phi) is 12.4. The van der Waals surface area contributed by atoms with Gasteiger partial charge in [0.1, 0.15) is 0 Å². The average Bonchev–Trinajstić information content (AvgIpc) is 3.41. The summed E-state index contributed by atoms with van der Waals surface area (Å²) in [5.74, 6) is 1.85. The fourth-order valence-corrected chi connectivity index (χ4v) is 17.8. The van der Waals surface area contributed by atoms with Crippen LogP contribution in [0.4, 0.5) is 0 Å². The minimum atomic E-state index is -2.21. The Labute approximate surface area is 319 Å². The zero-order valence-electron chi connectivity index (χ0n) is 35.6. The Morgan fingerprint density at radius 2 is 1.25 bits per heavy atom. The van der Waals surface area contributed by atoms with Crippen molar-refractivity contribution < 1.29 is 32.8 Å². The fraction of sp³-hybridized carbons (Fsp3) is 0.955. The molecule has 7 nitrogen and oxygen atoms in total. The summed E-state index contributed by atoms with van der Waals surface area (Å²) >= 11 is 0. The Bertz CT molecular complexity index is 1210. The molecule has 0 aromatic heterocycles. The molecule has 0 aromatic rings. The lowest BCUT2D eigenvalue weighted by Gasteiger charge is -2.57. The Hall–Kier alpha value is -0.323. The van der Waals surface area contributed by atoms with E-state index in [2.05, 4.69) is 110 Å². The van der Waals surface area contributed by atoms with Crippen LogP contribution in [0, 0.1) is 41.4 Å². The molecule has 6 heterocycles. The van der Waals surface area contributed by atoms with Gasteiger partial charge in [-0.05, 0) is 78.3 Å². The maximum Gasteiger partial charge on any atom is 0.200 e. The quantitative estimate of drug-likeness (QED) is 0.181. The standard InChI is InChI=1S/C44H78O7Si/c1-16-17-29(10)43(15)39(51-52(24(2)3,25(4)5)26(6)7)21-36-37(49-43)19-27(8)18-34-35(46-36)20-38-40(47-34)30(11)31(12)42-41(48-38)32(13)33(14)44(50-42)22-28(9)23-45-44/h16,24-42H,1,17-23H2,2-15H3/t27-,28+,29?,30+,31+,32+,33+,34+,35-,36+,37-,38+,39-,40-,41-,42+,43+,44-/m1/s1. The van der Waals surface area contributed by atoms with Crippen LogP contribution in [0.15, 0.2) is 12.7 Å². The molecule has 300 valence electrons. The van der Waals surface area contributed by atoms with Crippen LogP contribution in [-0.2, 0) is 32.8 Å². The van der Waals surface area contributed by atoms with Gasteiger partial charge in [0.15, 0.2) is 5.79 Å². The van der Waals surface area contributed by atoms with Crippen molar-refractivity contribution in [2.75, 3.05) is 6.61 Å². The predicted molar refractivity (Wildman–Crippen MR) is 211 cm³/mol. The first-order valence-electron chi connectivity index (χ1n) is 21.6. The summed E-state index contributed by atoms with van der Waals surface area (Å²) in [4.78, 5) is 0. The minimum Gasteiger partial charge on any atom is -0.410 e. The van der Waals surface area contributed by atoms with Crippen LogP contribution in [0.2, 0.25) is 16.6 Å². The third-order valence-electron chi connectivity index (χ3n) is 15.8. The van der Waals surface area contributed by atoms with Crippen molar-refractivity contribution in [3.8, 4) is 0 Å². The Balaban J connectivity index is 1.28. The van der Waals surface area contributed by atoms with Gasteiger partial charge < -0.3 is 32.8 Å². The van der Waals surface area contributed by atoms with Crippen molar-refractivity contribution in [2.24, 2.45) is 41.4 Å². The summed E-state index contributed by atoms with van der Waals surface area (Å²) < 4.78 is 50.6. The van der Waals surface area contributed by atoms with E-state index >= 15 is 0 Å². The molecular formula is C44H78O7Si. The lowest BCUT2D eigenvalue weighted by Crippen LogP contribution is -2.65. The van der Waals surface area contributed by atoms with Gasteiger partial charge >= 0.3 is 0 Å². The topological polar surface area (TPSA) is 64.6 Å². The fourth-order valence-electron chi connectivity index (χ4n) is 12.2. The third kappa shape index (κ3) is 7.11. The number of ether oxygens (including phenoxy) is 6. The maximum atomic E-state index is 7.71. The van der Waals surface area contributed by atoms with E-state index in [1.54, 1.807) is 0 Å². The lowest BCUT2D eigenvalue weighted by molar-refractivity contribution is -0.335. The molecule has 6 rings (SSSR count). The van der Waals surface area contributed by atoms with Gasteiger partial charge in [-0.3, -0.25) is 0 Å². The molecular weight excluding hydrogens is 669 g/mol. The van der Waals surface area contributed by atoms with Crippen LogP contribution in [0.25, 0.3) is 0 Å². The van der Waals surface area contributed by atoms with Gasteiger partial charge in [0.2, 0.25) is 8.32 Å². The van der Waals surface area contributed by atoms with Crippen LogP contribution < -0.4 is 0 Å². The number of fused-ring (bicyclic) bond motifs is 4. The van der Waals surface area contributed by atoms with E-state index in [1.165, 1.54) is 0 Å². The first-order valence-corrected chi connectivity index (χ1v) is 23.8. The van der Waals surface area contributed by atoms with Crippen molar-refractivity contribution in [1.29, 1.82) is 0 Å². The molecule has 6 aliphatic rings. The van der Waals surface area contributed by atoms with Gasteiger partial charge in [-0.2, -0.15) is 0 Å². The second kappa shape index (κ2) is 15.6. The van der Waals surface area contributed by atoms with Crippen LogP contribution in [0.1, 0.15) is 135 Å². The molecule has 0 aliphatic carbocycles. The highest BCUT2D eigenvalue weighted by Gasteiger charge is 2.61. The van der Waals surface area contributed by atoms with Crippen molar-refractivity contribution >= 4 is 8.32 Å². The zero-order valence-corrected chi connectivity index (χ0v) is 36.6. The number of allylic oxidation sites excluding steroid dienone is 1. The molecule has 0 bridgehead atoms. The minimum absolute atomic E-state index is 0.00279. The van der Waals surface area contributed by atoms with E-state index in [0.717, 1.165) is 45.1 Å². The van der Waals surface area contributed by atoms with E-state index in [9.17, 15) is 0 Å². The highest BCUT2D eigenvalue weighted by Crippen LogP contribution is 2.54. The first kappa shape index (κ1) is 41.3. The zero-order chi connectivity index (χ0) is 38.1. The summed E-state index contributed by atoms with van der Waals surface area (Å²) in [5, 5.41) is 0. The molecule has 8 heteroatoms. The largest absolute Gasteiger partial charge is 0.410 e. The lowest BCUT2D eigenvalue weighted by atomic mass is 9.73. The smallest absolute Gasteiger partial charge is 0.200 e.